The molecule has 0 amide bonds. The fourth-order valence-corrected chi connectivity index (χ4v) is 2.87. The van der Waals surface area contributed by atoms with Gasteiger partial charge < -0.3 is 19.8 Å². The van der Waals surface area contributed by atoms with Crippen LogP contribution in [0, 0.1) is 6.92 Å². The van der Waals surface area contributed by atoms with E-state index in [9.17, 15) is 0 Å². The van der Waals surface area contributed by atoms with Crippen molar-refractivity contribution in [1.82, 2.24) is 4.57 Å². The van der Waals surface area contributed by atoms with Crippen molar-refractivity contribution in [2.75, 3.05) is 19.8 Å². The van der Waals surface area contributed by atoms with Crippen LogP contribution < -0.4 is 15.2 Å². The van der Waals surface area contributed by atoms with Crippen LogP contribution in [-0.4, -0.2) is 24.3 Å². The van der Waals surface area contributed by atoms with Gasteiger partial charge in [-0.15, -0.1) is 0 Å². The first-order valence-corrected chi connectivity index (χ1v) is 6.72. The fraction of sp³-hybridized carbons (Fsp3) is 0.467. The lowest BCUT2D eigenvalue weighted by Gasteiger charge is -2.18. The zero-order valence-electron chi connectivity index (χ0n) is 11.7. The molecule has 2 aromatic rings. The highest BCUT2D eigenvalue weighted by Crippen LogP contribution is 2.39. The molecule has 2 heterocycles. The van der Waals surface area contributed by atoms with Crippen molar-refractivity contribution >= 4 is 10.9 Å². The second-order valence-electron chi connectivity index (χ2n) is 5.21. The summed E-state index contributed by atoms with van der Waals surface area (Å²) in [6.45, 7) is 6.19. The third-order valence-corrected chi connectivity index (χ3v) is 4.05. The van der Waals surface area contributed by atoms with Crippen molar-refractivity contribution in [3.8, 4) is 11.5 Å². The molecule has 2 N–H and O–H groups in total. The number of fused-ring (bicyclic) bond motifs is 2. The minimum Gasteiger partial charge on any atom is -0.486 e. The van der Waals surface area contributed by atoms with Crippen LogP contribution in [0.25, 0.3) is 10.9 Å². The summed E-state index contributed by atoms with van der Waals surface area (Å²) in [5, 5.41) is 1.22. The van der Waals surface area contributed by atoms with Crippen molar-refractivity contribution in [1.29, 1.82) is 0 Å². The van der Waals surface area contributed by atoms with Gasteiger partial charge in [0, 0.05) is 24.2 Å². The topological polar surface area (TPSA) is 49.4 Å². The lowest BCUT2D eigenvalue weighted by molar-refractivity contribution is 0.172. The van der Waals surface area contributed by atoms with Gasteiger partial charge in [-0.05, 0) is 31.0 Å². The summed E-state index contributed by atoms with van der Waals surface area (Å²) in [7, 11) is 2.08. The molecule has 19 heavy (non-hydrogen) atoms. The maximum absolute atomic E-state index is 5.85. The third-order valence-electron chi connectivity index (χ3n) is 4.05. The van der Waals surface area contributed by atoms with E-state index in [0.29, 0.717) is 25.7 Å². The molecule has 0 fully saturated rings. The standard InChI is InChI=1S/C15H20N2O2/c1-9(8-16)15-10(2)17(3)12-7-14-13(6-11(12)15)18-4-5-19-14/h6-7,9H,4-5,8,16H2,1-3H3. The normalized spacial score (nSPS) is 15.8. The maximum Gasteiger partial charge on any atom is 0.163 e. The first-order chi connectivity index (χ1) is 9.13. The number of nitrogens with two attached hydrogens (primary N) is 1. The average molecular weight is 260 g/mol. The van der Waals surface area contributed by atoms with Crippen LogP contribution in [0.5, 0.6) is 11.5 Å². The van der Waals surface area contributed by atoms with Gasteiger partial charge in [-0.1, -0.05) is 6.92 Å². The Morgan fingerprint density at radius 3 is 2.53 bits per heavy atom. The lowest BCUT2D eigenvalue weighted by Crippen LogP contribution is -2.15. The Kier molecular flexibility index (Phi) is 2.90. The van der Waals surface area contributed by atoms with Crippen LogP contribution in [-0.2, 0) is 7.05 Å². The van der Waals surface area contributed by atoms with Crippen molar-refractivity contribution < 1.29 is 9.47 Å². The van der Waals surface area contributed by atoms with Gasteiger partial charge >= 0.3 is 0 Å². The van der Waals surface area contributed by atoms with E-state index in [2.05, 4.69) is 37.6 Å². The van der Waals surface area contributed by atoms with Crippen LogP contribution in [0.1, 0.15) is 24.1 Å². The average Bonchev–Trinajstić information content (AvgIpc) is 2.68. The quantitative estimate of drug-likeness (QED) is 0.901. The Labute approximate surface area is 113 Å². The van der Waals surface area contributed by atoms with E-state index in [4.69, 9.17) is 15.2 Å². The predicted molar refractivity (Wildman–Crippen MR) is 76.1 cm³/mol. The highest BCUT2D eigenvalue weighted by atomic mass is 16.6. The van der Waals surface area contributed by atoms with E-state index in [0.717, 1.165) is 11.5 Å². The zero-order valence-corrected chi connectivity index (χ0v) is 11.7. The molecule has 102 valence electrons. The summed E-state index contributed by atoms with van der Waals surface area (Å²) in [6.07, 6.45) is 0. The fourth-order valence-electron chi connectivity index (χ4n) is 2.87. The van der Waals surface area contributed by atoms with Crippen molar-refractivity contribution in [2.45, 2.75) is 19.8 Å². The van der Waals surface area contributed by atoms with E-state index in [-0.39, 0.29) is 0 Å². The third kappa shape index (κ3) is 1.78. The largest absolute Gasteiger partial charge is 0.486 e. The number of aromatic nitrogens is 1. The van der Waals surface area contributed by atoms with E-state index in [1.54, 1.807) is 0 Å². The Morgan fingerprint density at radius 2 is 1.89 bits per heavy atom. The van der Waals surface area contributed by atoms with Crippen LogP contribution >= 0.6 is 0 Å². The van der Waals surface area contributed by atoms with Gasteiger partial charge in [-0.2, -0.15) is 0 Å². The summed E-state index contributed by atoms with van der Waals surface area (Å²) in [5.74, 6) is 2.02. The van der Waals surface area contributed by atoms with Crippen molar-refractivity contribution in [3.05, 3.63) is 23.4 Å². The Balaban J connectivity index is 2.29. The van der Waals surface area contributed by atoms with Crippen LogP contribution in [0.3, 0.4) is 0 Å². The summed E-state index contributed by atoms with van der Waals surface area (Å²) in [4.78, 5) is 0. The van der Waals surface area contributed by atoms with Gasteiger partial charge in [-0.25, -0.2) is 0 Å². The molecular weight excluding hydrogens is 240 g/mol. The van der Waals surface area contributed by atoms with Crippen LogP contribution in [0.4, 0.5) is 0 Å². The van der Waals surface area contributed by atoms with Crippen molar-refractivity contribution in [3.63, 3.8) is 0 Å². The number of hydrogen-bond donors (Lipinski definition) is 1. The molecule has 1 aromatic carbocycles. The van der Waals surface area contributed by atoms with Crippen molar-refractivity contribution in [2.24, 2.45) is 12.8 Å². The minimum absolute atomic E-state index is 0.339. The molecule has 0 spiro atoms. The molecule has 3 rings (SSSR count). The number of ether oxygens (including phenoxy) is 2. The predicted octanol–water partition coefficient (Wildman–Crippen LogP) is 2.32. The number of rotatable bonds is 2. The molecule has 0 bridgehead atoms. The first-order valence-electron chi connectivity index (χ1n) is 6.72. The second-order valence-corrected chi connectivity index (χ2v) is 5.21. The first kappa shape index (κ1) is 12.4. The van der Waals surface area contributed by atoms with Crippen LogP contribution in [0.15, 0.2) is 12.1 Å². The highest BCUT2D eigenvalue weighted by Gasteiger charge is 2.21. The van der Waals surface area contributed by atoms with Crippen LogP contribution in [0.2, 0.25) is 0 Å². The Bertz CT molecular complexity index is 631. The molecule has 4 heteroatoms. The number of nitrogens with zero attached hydrogens (tertiary/aromatic N) is 1. The Hall–Kier alpha value is -1.68. The molecule has 0 saturated heterocycles. The summed E-state index contributed by atoms with van der Waals surface area (Å²) < 4.78 is 13.5. The molecule has 1 atom stereocenters. The maximum atomic E-state index is 5.85. The molecule has 0 radical (unpaired) electrons. The smallest absolute Gasteiger partial charge is 0.163 e. The number of hydrogen-bond acceptors (Lipinski definition) is 3. The molecule has 0 saturated carbocycles. The van der Waals surface area contributed by atoms with Gasteiger partial charge in [0.1, 0.15) is 13.2 Å². The molecule has 1 aliphatic heterocycles. The van der Waals surface area contributed by atoms with Gasteiger partial charge in [0.25, 0.3) is 0 Å². The SMILES string of the molecule is Cc1c(C(C)CN)c2cc3c(cc2n1C)OCCO3. The summed E-state index contributed by atoms with van der Waals surface area (Å²) in [5.41, 5.74) is 9.60. The van der Waals surface area contributed by atoms with Gasteiger partial charge in [0.15, 0.2) is 11.5 Å². The molecule has 0 aliphatic carbocycles. The van der Waals surface area contributed by atoms with Gasteiger partial charge in [0.05, 0.1) is 5.52 Å². The lowest BCUT2D eigenvalue weighted by atomic mass is 9.98. The summed E-state index contributed by atoms with van der Waals surface area (Å²) in [6, 6.07) is 4.17. The molecule has 1 aromatic heterocycles. The molecular formula is C15H20N2O2. The zero-order chi connectivity index (χ0) is 13.6. The van der Waals surface area contributed by atoms with Gasteiger partial charge in [-0.3, -0.25) is 0 Å². The second kappa shape index (κ2) is 4.46. The van der Waals surface area contributed by atoms with E-state index in [1.807, 2.05) is 0 Å². The number of benzene rings is 1. The molecule has 1 unspecified atom stereocenters. The highest BCUT2D eigenvalue weighted by molar-refractivity contribution is 5.89. The van der Waals surface area contributed by atoms with E-state index in [1.165, 1.54) is 22.2 Å². The van der Waals surface area contributed by atoms with Gasteiger partial charge in [0.2, 0.25) is 0 Å². The number of aryl methyl sites for hydroxylation is 1. The molecule has 1 aliphatic rings. The van der Waals surface area contributed by atoms with E-state index < -0.39 is 0 Å². The summed E-state index contributed by atoms with van der Waals surface area (Å²) >= 11 is 0. The Morgan fingerprint density at radius 1 is 1.26 bits per heavy atom. The van der Waals surface area contributed by atoms with E-state index >= 15 is 0 Å². The minimum atomic E-state index is 0.339. The monoisotopic (exact) mass is 260 g/mol. The molecule has 4 nitrogen and oxygen atoms in total.